The molecule has 0 amide bonds. The van der Waals surface area contributed by atoms with Gasteiger partial charge in [0, 0.05) is 13.1 Å². The van der Waals surface area contributed by atoms with Gasteiger partial charge in [-0.2, -0.15) is 8.78 Å². The molecule has 1 fully saturated rings. The summed E-state index contributed by atoms with van der Waals surface area (Å²) in [4.78, 5) is 6.51. The van der Waals surface area contributed by atoms with Gasteiger partial charge in [0.05, 0.1) is 23.2 Å². The Bertz CT molecular complexity index is 620. The predicted molar refractivity (Wildman–Crippen MR) is 76.2 cm³/mol. The first-order chi connectivity index (χ1) is 10.1. The molecule has 2 aromatic rings. The highest BCUT2D eigenvalue weighted by atomic mass is 19.3. The normalized spacial score (nSPS) is 19.5. The molecule has 1 aromatic heterocycles. The van der Waals surface area contributed by atoms with Crippen molar-refractivity contribution in [2.45, 2.75) is 38.5 Å². The predicted octanol–water partition coefficient (Wildman–Crippen LogP) is 2.95. The third-order valence-electron chi connectivity index (χ3n) is 4.24. The molecule has 0 bridgehead atoms. The van der Waals surface area contributed by atoms with Gasteiger partial charge in [-0.15, -0.1) is 0 Å². The maximum absolute atomic E-state index is 13.4. The molecule has 4 nitrogen and oxygen atoms in total. The number of piperidine rings is 1. The molecule has 6 heteroatoms. The van der Waals surface area contributed by atoms with Crippen molar-refractivity contribution in [1.82, 2.24) is 14.5 Å². The maximum atomic E-state index is 13.4. The fourth-order valence-electron chi connectivity index (χ4n) is 3.00. The van der Waals surface area contributed by atoms with E-state index in [0.717, 1.165) is 4.57 Å². The number of rotatable bonds is 3. The van der Waals surface area contributed by atoms with E-state index in [1.807, 2.05) is 6.92 Å². The molecule has 0 saturated carbocycles. The van der Waals surface area contributed by atoms with Crippen LogP contribution < -0.4 is 0 Å². The summed E-state index contributed by atoms with van der Waals surface area (Å²) in [5, 5.41) is 9.57. The molecule has 1 aliphatic rings. The summed E-state index contributed by atoms with van der Waals surface area (Å²) in [6.07, 6.45) is 1.08. The van der Waals surface area contributed by atoms with Crippen molar-refractivity contribution < 1.29 is 13.9 Å². The van der Waals surface area contributed by atoms with E-state index in [1.165, 1.54) is 0 Å². The molecule has 114 valence electrons. The van der Waals surface area contributed by atoms with Gasteiger partial charge in [0.15, 0.2) is 0 Å². The average molecular weight is 295 g/mol. The molecule has 1 aliphatic heterocycles. The standard InChI is InChI=1S/C15H19F2N3O/c1-10(19-8-6-11(21)7-9-19)14-18-12-4-2-3-5-13(12)20(14)15(16)17/h2-5,10-11,15,21H,6-9H2,1H3/t10-/m1/s1. The summed E-state index contributed by atoms with van der Waals surface area (Å²) < 4.78 is 27.9. The molecule has 0 spiro atoms. The highest BCUT2D eigenvalue weighted by molar-refractivity contribution is 5.76. The molecule has 2 heterocycles. The third kappa shape index (κ3) is 2.65. The minimum atomic E-state index is -2.61. The summed E-state index contributed by atoms with van der Waals surface area (Å²) in [5.74, 6) is 0.391. The number of fused-ring (bicyclic) bond motifs is 1. The lowest BCUT2D eigenvalue weighted by Crippen LogP contribution is -2.38. The Balaban J connectivity index is 1.97. The van der Waals surface area contributed by atoms with Crippen molar-refractivity contribution in [3.63, 3.8) is 0 Å². The van der Waals surface area contributed by atoms with Gasteiger partial charge in [-0.1, -0.05) is 12.1 Å². The summed E-state index contributed by atoms with van der Waals surface area (Å²) in [6, 6.07) is 6.78. The smallest absolute Gasteiger partial charge is 0.320 e. The van der Waals surface area contributed by atoms with Crippen LogP contribution in [0, 0.1) is 0 Å². The van der Waals surface area contributed by atoms with Crippen LogP contribution in [-0.4, -0.2) is 38.8 Å². The molecule has 21 heavy (non-hydrogen) atoms. The van der Waals surface area contributed by atoms with Crippen molar-refractivity contribution in [1.29, 1.82) is 0 Å². The van der Waals surface area contributed by atoms with Crippen molar-refractivity contribution in [3.05, 3.63) is 30.1 Å². The van der Waals surface area contributed by atoms with Crippen LogP contribution in [0.25, 0.3) is 11.0 Å². The minimum Gasteiger partial charge on any atom is -0.393 e. The number of alkyl halides is 2. The van der Waals surface area contributed by atoms with Gasteiger partial charge in [0.2, 0.25) is 0 Å². The van der Waals surface area contributed by atoms with Gasteiger partial charge in [0.1, 0.15) is 5.82 Å². The largest absolute Gasteiger partial charge is 0.393 e. The fraction of sp³-hybridized carbons (Fsp3) is 0.533. The zero-order chi connectivity index (χ0) is 15.0. The second-order valence-electron chi connectivity index (χ2n) is 5.55. The molecule has 0 unspecified atom stereocenters. The number of hydrogen-bond acceptors (Lipinski definition) is 3. The zero-order valence-electron chi connectivity index (χ0n) is 11.9. The second-order valence-corrected chi connectivity index (χ2v) is 5.55. The highest BCUT2D eigenvalue weighted by Gasteiger charge is 2.28. The van der Waals surface area contributed by atoms with Gasteiger partial charge in [-0.3, -0.25) is 9.47 Å². The van der Waals surface area contributed by atoms with E-state index in [4.69, 9.17) is 0 Å². The Kier molecular flexibility index (Phi) is 3.91. The van der Waals surface area contributed by atoms with E-state index >= 15 is 0 Å². The number of likely N-dealkylation sites (tertiary alicyclic amines) is 1. The Morgan fingerprint density at radius 2 is 1.90 bits per heavy atom. The SMILES string of the molecule is C[C@H](c1nc2ccccc2n1C(F)F)N1CCC(O)CC1. The lowest BCUT2D eigenvalue weighted by molar-refractivity contribution is 0.0459. The number of benzene rings is 1. The molecule has 1 aromatic carbocycles. The first-order valence-electron chi connectivity index (χ1n) is 7.25. The topological polar surface area (TPSA) is 41.3 Å². The Morgan fingerprint density at radius 1 is 1.24 bits per heavy atom. The minimum absolute atomic E-state index is 0.195. The lowest BCUT2D eigenvalue weighted by Gasteiger charge is -2.34. The average Bonchev–Trinajstić information content (AvgIpc) is 2.86. The van der Waals surface area contributed by atoms with E-state index in [2.05, 4.69) is 9.88 Å². The van der Waals surface area contributed by atoms with Gasteiger partial charge < -0.3 is 5.11 Å². The molecule has 3 rings (SSSR count). The van der Waals surface area contributed by atoms with Crippen LogP contribution in [0.1, 0.15) is 38.2 Å². The van der Waals surface area contributed by atoms with E-state index in [-0.39, 0.29) is 12.1 Å². The molecule has 1 N–H and O–H groups in total. The number of halogens is 2. The van der Waals surface area contributed by atoms with E-state index in [9.17, 15) is 13.9 Å². The van der Waals surface area contributed by atoms with E-state index in [0.29, 0.717) is 42.8 Å². The summed E-state index contributed by atoms with van der Waals surface area (Å²) in [6.45, 7) is 0.701. The molecular weight excluding hydrogens is 276 g/mol. The van der Waals surface area contributed by atoms with E-state index < -0.39 is 6.55 Å². The Hall–Kier alpha value is -1.53. The second kappa shape index (κ2) is 5.69. The molecule has 1 saturated heterocycles. The number of imidazole rings is 1. The highest BCUT2D eigenvalue weighted by Crippen LogP contribution is 2.30. The monoisotopic (exact) mass is 295 g/mol. The van der Waals surface area contributed by atoms with Crippen molar-refractivity contribution in [3.8, 4) is 0 Å². The first kappa shape index (κ1) is 14.4. The van der Waals surface area contributed by atoms with Crippen molar-refractivity contribution in [2.75, 3.05) is 13.1 Å². The summed E-state index contributed by atoms with van der Waals surface area (Å²) >= 11 is 0. The van der Waals surface area contributed by atoms with Crippen LogP contribution in [0.3, 0.4) is 0 Å². The molecule has 0 aliphatic carbocycles. The molecule has 1 atom stereocenters. The van der Waals surface area contributed by atoms with Gasteiger partial charge in [0.25, 0.3) is 0 Å². The van der Waals surface area contributed by atoms with Crippen LogP contribution >= 0.6 is 0 Å². The van der Waals surface area contributed by atoms with Crippen LogP contribution in [0.15, 0.2) is 24.3 Å². The Morgan fingerprint density at radius 3 is 2.57 bits per heavy atom. The fourth-order valence-corrected chi connectivity index (χ4v) is 3.00. The third-order valence-corrected chi connectivity index (χ3v) is 4.24. The number of nitrogens with zero attached hydrogens (tertiary/aromatic N) is 3. The van der Waals surface area contributed by atoms with Crippen LogP contribution in [0.2, 0.25) is 0 Å². The van der Waals surface area contributed by atoms with Crippen molar-refractivity contribution >= 4 is 11.0 Å². The number of para-hydroxylation sites is 2. The van der Waals surface area contributed by atoms with Crippen molar-refractivity contribution in [2.24, 2.45) is 0 Å². The molecule has 0 radical (unpaired) electrons. The zero-order valence-corrected chi connectivity index (χ0v) is 11.9. The number of hydrogen-bond donors (Lipinski definition) is 1. The van der Waals surface area contributed by atoms with Gasteiger partial charge in [-0.05, 0) is 31.9 Å². The molecular formula is C15H19F2N3O. The lowest BCUT2D eigenvalue weighted by atomic mass is 10.1. The number of aliphatic hydroxyl groups excluding tert-OH is 1. The number of aliphatic hydroxyl groups is 1. The van der Waals surface area contributed by atoms with Gasteiger partial charge in [-0.25, -0.2) is 4.98 Å². The van der Waals surface area contributed by atoms with E-state index in [1.54, 1.807) is 24.3 Å². The Labute approximate surface area is 122 Å². The summed E-state index contributed by atoms with van der Waals surface area (Å²) in [7, 11) is 0. The number of aromatic nitrogens is 2. The van der Waals surface area contributed by atoms with Crippen LogP contribution in [0.5, 0.6) is 0 Å². The van der Waals surface area contributed by atoms with Crippen LogP contribution in [-0.2, 0) is 0 Å². The van der Waals surface area contributed by atoms with Gasteiger partial charge >= 0.3 is 6.55 Å². The first-order valence-corrected chi connectivity index (χ1v) is 7.25. The van der Waals surface area contributed by atoms with Crippen LogP contribution in [0.4, 0.5) is 8.78 Å². The quantitative estimate of drug-likeness (QED) is 0.946. The summed E-state index contributed by atoms with van der Waals surface area (Å²) in [5.41, 5.74) is 1.06. The maximum Gasteiger partial charge on any atom is 0.320 e.